The van der Waals surface area contributed by atoms with Crippen molar-refractivity contribution in [3.05, 3.63) is 0 Å². The predicted octanol–water partition coefficient (Wildman–Crippen LogP) is 4.21. The average molecular weight is 387 g/mol. The summed E-state index contributed by atoms with van der Waals surface area (Å²) in [5, 5.41) is 4.29. The smallest absolute Gasteiger partial charge is 0.296 e. The topological polar surface area (TPSA) is 80.7 Å². The van der Waals surface area contributed by atoms with Crippen LogP contribution in [0.1, 0.15) is 34.6 Å². The van der Waals surface area contributed by atoms with Gasteiger partial charge in [-0.2, -0.15) is 0 Å². The number of hydrogen-bond donors (Lipinski definition) is 0. The molecule has 0 radical (unpaired) electrons. The highest BCUT2D eigenvalue weighted by atomic mass is 32.2. The van der Waals surface area contributed by atoms with Gasteiger partial charge in [0.25, 0.3) is 0 Å². The molecule has 23 heavy (non-hydrogen) atoms. The Morgan fingerprint density at radius 1 is 1.26 bits per heavy atom. The summed E-state index contributed by atoms with van der Waals surface area (Å²) in [4.78, 5) is 16.7. The molecule has 8 nitrogen and oxygen atoms in total. The minimum Gasteiger partial charge on any atom is -0.296 e. The molecule has 0 unspecified atom stereocenters. The van der Waals surface area contributed by atoms with Gasteiger partial charge in [-0.25, -0.2) is 13.7 Å². The fourth-order valence-electron chi connectivity index (χ4n) is 1.26. The van der Waals surface area contributed by atoms with Crippen molar-refractivity contribution >= 4 is 42.8 Å². The van der Waals surface area contributed by atoms with E-state index in [1.165, 1.54) is 27.2 Å². The molecular formula is C12H26N3O5PS2. The van der Waals surface area contributed by atoms with E-state index >= 15 is 0 Å². The Labute approximate surface area is 147 Å². The number of oxime groups is 1. The quantitative estimate of drug-likeness (QED) is 0.145. The molecule has 0 aliphatic rings. The molecule has 0 spiro atoms. The maximum Gasteiger partial charge on any atom is 0.446 e. The Morgan fingerprint density at radius 2 is 1.78 bits per heavy atom. The Kier molecular flexibility index (Phi) is 11.2. The minimum absolute atomic E-state index is 0.199. The van der Waals surface area contributed by atoms with Crippen LogP contribution in [-0.2, 0) is 18.5 Å². The Hall–Kier alpha value is -0.250. The molecule has 0 N–H and O–H groups in total. The van der Waals surface area contributed by atoms with E-state index < -0.39 is 13.8 Å². The summed E-state index contributed by atoms with van der Waals surface area (Å²) in [7, 11) is -2.02. The van der Waals surface area contributed by atoms with Crippen molar-refractivity contribution < 1.29 is 23.2 Å². The molecule has 0 aromatic rings. The maximum atomic E-state index is 12.9. The van der Waals surface area contributed by atoms with Crippen LogP contribution in [0.15, 0.2) is 5.16 Å². The molecule has 1 amide bonds. The van der Waals surface area contributed by atoms with Crippen molar-refractivity contribution in [2.45, 2.75) is 40.7 Å². The molecule has 0 saturated heterocycles. The van der Waals surface area contributed by atoms with Crippen LogP contribution < -0.4 is 0 Å². The lowest BCUT2D eigenvalue weighted by Gasteiger charge is -2.32. The first-order chi connectivity index (χ1) is 10.7. The minimum atomic E-state index is -3.52. The van der Waals surface area contributed by atoms with Crippen LogP contribution in [0, 0.1) is 0 Å². The number of nitrogens with zero attached hydrogens (tertiary/aromatic N) is 3. The van der Waals surface area contributed by atoms with Gasteiger partial charge in [0.15, 0.2) is 0 Å². The second kappa shape index (κ2) is 11.3. The average Bonchev–Trinajstić information content (AvgIpc) is 2.49. The SMILES string of the molecule is CCOP(=O)(OCC)N(SN(C)C(=O)O/N=C(\C)SC)C(C)C. The predicted molar refractivity (Wildman–Crippen MR) is 96.3 cm³/mol. The lowest BCUT2D eigenvalue weighted by Crippen LogP contribution is -2.31. The Balaban J connectivity index is 5.05. The van der Waals surface area contributed by atoms with Gasteiger partial charge in [-0.05, 0) is 40.9 Å². The molecule has 0 saturated carbocycles. The van der Waals surface area contributed by atoms with Gasteiger partial charge in [0.2, 0.25) is 0 Å². The summed E-state index contributed by atoms with van der Waals surface area (Å²) in [5.41, 5.74) is 0. The van der Waals surface area contributed by atoms with Crippen LogP contribution in [0.25, 0.3) is 0 Å². The molecule has 0 aromatic heterocycles. The summed E-state index contributed by atoms with van der Waals surface area (Å²) in [6.45, 7) is 9.29. The van der Waals surface area contributed by atoms with Crippen molar-refractivity contribution in [1.29, 1.82) is 0 Å². The molecule has 0 bridgehead atoms. The van der Waals surface area contributed by atoms with Crippen molar-refractivity contribution in [2.24, 2.45) is 5.16 Å². The van der Waals surface area contributed by atoms with Gasteiger partial charge in [-0.15, -0.1) is 15.8 Å². The summed E-state index contributed by atoms with van der Waals surface area (Å²) in [6.07, 6.45) is 1.14. The standard InChI is InChI=1S/C12H26N3O5PS2/c1-8-18-21(17,19-9-2)15(10(3)4)23-14(6)12(16)20-13-11(5)22-7/h10H,8-9H2,1-7H3/b13-11+. The second-order valence-corrected chi connectivity index (χ2v) is 8.71. The molecule has 0 aliphatic carbocycles. The first kappa shape index (κ1) is 22.8. The molecule has 0 fully saturated rings. The van der Waals surface area contributed by atoms with E-state index in [1.807, 2.05) is 20.1 Å². The lowest BCUT2D eigenvalue weighted by atomic mass is 10.4. The first-order valence-corrected chi connectivity index (χ1v) is 10.6. The summed E-state index contributed by atoms with van der Waals surface area (Å²) >= 11 is 2.28. The molecule has 11 heteroatoms. The van der Waals surface area contributed by atoms with E-state index in [1.54, 1.807) is 20.8 Å². The number of carbonyl (C=O) groups excluding carboxylic acids is 1. The number of rotatable bonds is 9. The van der Waals surface area contributed by atoms with E-state index in [0.29, 0.717) is 5.04 Å². The maximum absolute atomic E-state index is 12.9. The second-order valence-electron chi connectivity index (χ2n) is 4.45. The molecule has 0 atom stereocenters. The van der Waals surface area contributed by atoms with Gasteiger partial charge in [-0.3, -0.25) is 13.9 Å². The Bertz CT molecular complexity index is 440. The van der Waals surface area contributed by atoms with Crippen LogP contribution in [0.5, 0.6) is 0 Å². The van der Waals surface area contributed by atoms with Crippen LogP contribution in [0.4, 0.5) is 4.79 Å². The molecule has 0 rings (SSSR count). The van der Waals surface area contributed by atoms with E-state index in [0.717, 1.165) is 12.1 Å². The highest BCUT2D eigenvalue weighted by Crippen LogP contribution is 2.57. The van der Waals surface area contributed by atoms with Gasteiger partial charge in [0.1, 0.15) is 5.04 Å². The van der Waals surface area contributed by atoms with Crippen LogP contribution in [0.3, 0.4) is 0 Å². The molecule has 0 aliphatic heterocycles. The van der Waals surface area contributed by atoms with Crippen molar-refractivity contribution in [1.82, 2.24) is 8.38 Å². The van der Waals surface area contributed by atoms with Crippen molar-refractivity contribution in [2.75, 3.05) is 26.5 Å². The molecule has 0 aromatic carbocycles. The number of carbonyl (C=O) groups is 1. The zero-order valence-electron chi connectivity index (χ0n) is 14.6. The summed E-state index contributed by atoms with van der Waals surface area (Å²) in [6, 6.07) is -0.199. The van der Waals surface area contributed by atoms with Crippen molar-refractivity contribution in [3.8, 4) is 0 Å². The van der Waals surface area contributed by atoms with Gasteiger partial charge in [-0.1, -0.05) is 5.16 Å². The molecule has 0 heterocycles. The number of thioether (sulfide) groups is 1. The molecule has 136 valence electrons. The fourth-order valence-corrected chi connectivity index (χ4v) is 4.40. The highest BCUT2D eigenvalue weighted by Gasteiger charge is 2.38. The van der Waals surface area contributed by atoms with Gasteiger partial charge in [0, 0.05) is 13.1 Å². The van der Waals surface area contributed by atoms with Gasteiger partial charge in [0.05, 0.1) is 25.3 Å². The molecular weight excluding hydrogens is 361 g/mol. The van der Waals surface area contributed by atoms with Gasteiger partial charge < -0.3 is 0 Å². The van der Waals surface area contributed by atoms with Crippen molar-refractivity contribution in [3.63, 3.8) is 0 Å². The third-order valence-corrected chi connectivity index (χ3v) is 6.86. The third kappa shape index (κ3) is 7.91. The largest absolute Gasteiger partial charge is 0.446 e. The van der Waals surface area contributed by atoms with E-state index in [9.17, 15) is 9.36 Å². The monoisotopic (exact) mass is 387 g/mol. The zero-order chi connectivity index (χ0) is 18.0. The zero-order valence-corrected chi connectivity index (χ0v) is 17.2. The first-order valence-electron chi connectivity index (χ1n) is 7.11. The summed E-state index contributed by atoms with van der Waals surface area (Å²) in [5.74, 6) is 0. The van der Waals surface area contributed by atoms with Gasteiger partial charge >= 0.3 is 13.8 Å². The van der Waals surface area contributed by atoms with E-state index in [-0.39, 0.29) is 19.3 Å². The normalized spacial score (nSPS) is 12.8. The highest BCUT2D eigenvalue weighted by molar-refractivity contribution is 8.13. The number of hydrogen-bond acceptors (Lipinski definition) is 8. The fraction of sp³-hybridized carbons (Fsp3) is 0.833. The van der Waals surface area contributed by atoms with Crippen LogP contribution >= 0.6 is 31.6 Å². The van der Waals surface area contributed by atoms with Crippen LogP contribution in [-0.4, -0.2) is 52.1 Å². The number of amides is 1. The third-order valence-electron chi connectivity index (χ3n) is 2.28. The van der Waals surface area contributed by atoms with E-state index in [4.69, 9.17) is 13.9 Å². The lowest BCUT2D eigenvalue weighted by molar-refractivity contribution is 0.136. The van der Waals surface area contributed by atoms with Crippen LogP contribution in [0.2, 0.25) is 0 Å². The Morgan fingerprint density at radius 3 is 2.17 bits per heavy atom. The summed E-state index contributed by atoms with van der Waals surface area (Å²) < 4.78 is 26.1. The van der Waals surface area contributed by atoms with E-state index in [2.05, 4.69) is 5.16 Å².